The molecule has 1 aromatic rings. The number of nitrogens with two attached hydrogens (primary N) is 1. The largest absolute Gasteiger partial charge is 0.394 e. The summed E-state index contributed by atoms with van der Waals surface area (Å²) in [5.41, 5.74) is 5.60. The number of H-pyrrole nitrogens is 1. The van der Waals surface area contributed by atoms with Crippen LogP contribution in [0.3, 0.4) is 0 Å². The molecule has 19 heavy (non-hydrogen) atoms. The van der Waals surface area contributed by atoms with E-state index in [9.17, 15) is 9.90 Å². The zero-order chi connectivity index (χ0) is 14.0. The lowest BCUT2D eigenvalue weighted by Gasteiger charge is -2.27. The topological polar surface area (TPSA) is 116 Å². The van der Waals surface area contributed by atoms with Crippen molar-refractivity contribution < 1.29 is 9.84 Å². The number of aromatic nitrogens is 2. The molecule has 2 rings (SSSR count). The van der Waals surface area contributed by atoms with E-state index in [-0.39, 0.29) is 30.3 Å². The Kier molecular flexibility index (Phi) is 3.91. The van der Waals surface area contributed by atoms with Gasteiger partial charge < -0.3 is 25.8 Å². The number of hydrogen-bond donors (Lipinski definition) is 4. The predicted molar refractivity (Wildman–Crippen MR) is 72.2 cm³/mol. The molecule has 2 heterocycles. The average molecular weight is 269 g/mol. The lowest BCUT2D eigenvalue weighted by molar-refractivity contribution is 0.0545. The molecule has 1 aromatic heterocycles. The van der Waals surface area contributed by atoms with Crippen molar-refractivity contribution >= 4 is 17.5 Å². The summed E-state index contributed by atoms with van der Waals surface area (Å²) in [7, 11) is 0. The van der Waals surface area contributed by atoms with Crippen LogP contribution in [0.25, 0.3) is 0 Å². The molecule has 1 aliphatic rings. The first kappa shape index (κ1) is 13.6. The van der Waals surface area contributed by atoms with E-state index in [1.165, 1.54) is 0 Å². The van der Waals surface area contributed by atoms with Crippen LogP contribution >= 0.6 is 0 Å². The highest BCUT2D eigenvalue weighted by Gasteiger charge is 2.29. The highest BCUT2D eigenvalue weighted by atomic mass is 16.5. The average Bonchev–Trinajstić information content (AvgIpc) is 2.74. The van der Waals surface area contributed by atoms with E-state index < -0.39 is 0 Å². The van der Waals surface area contributed by atoms with E-state index in [0.29, 0.717) is 24.8 Å². The lowest BCUT2D eigenvalue weighted by Crippen LogP contribution is -2.42. The third-order valence-electron chi connectivity index (χ3n) is 2.89. The Balaban J connectivity index is 2.22. The van der Waals surface area contributed by atoms with Crippen molar-refractivity contribution in [1.29, 1.82) is 0 Å². The Hall–Kier alpha value is -1.80. The highest BCUT2D eigenvalue weighted by Crippen LogP contribution is 2.27. The number of anilines is 3. The fourth-order valence-corrected chi connectivity index (χ4v) is 1.93. The Labute approximate surface area is 110 Å². The van der Waals surface area contributed by atoms with E-state index >= 15 is 0 Å². The van der Waals surface area contributed by atoms with Gasteiger partial charge in [-0.1, -0.05) is 0 Å². The first-order chi connectivity index (χ1) is 9.02. The molecule has 0 spiro atoms. The van der Waals surface area contributed by atoms with Crippen LogP contribution in [0.15, 0.2) is 4.79 Å². The normalized spacial score (nSPS) is 15.5. The number of nitrogens with zero attached hydrogens (tertiary/aromatic N) is 2. The molecular weight excluding hydrogens is 250 g/mol. The summed E-state index contributed by atoms with van der Waals surface area (Å²) in [4.78, 5) is 20.0. The fourth-order valence-electron chi connectivity index (χ4n) is 1.93. The van der Waals surface area contributed by atoms with Crippen molar-refractivity contribution in [2.75, 3.05) is 35.8 Å². The van der Waals surface area contributed by atoms with Gasteiger partial charge in [0.1, 0.15) is 5.69 Å². The SMILES string of the molecule is CC(C)OCC(CO)N1CNc2c1nc(N)[nH]c2=O. The molecule has 0 aliphatic carbocycles. The highest BCUT2D eigenvalue weighted by molar-refractivity contribution is 5.71. The summed E-state index contributed by atoms with van der Waals surface area (Å²) in [6, 6.07) is -0.273. The molecule has 0 aromatic carbocycles. The van der Waals surface area contributed by atoms with Gasteiger partial charge in [0.2, 0.25) is 5.95 Å². The van der Waals surface area contributed by atoms with Crippen molar-refractivity contribution in [2.45, 2.75) is 26.0 Å². The molecule has 0 saturated carbocycles. The van der Waals surface area contributed by atoms with Crippen molar-refractivity contribution in [3.63, 3.8) is 0 Å². The summed E-state index contributed by atoms with van der Waals surface area (Å²) < 4.78 is 5.51. The maximum atomic E-state index is 11.7. The number of nitrogen functional groups attached to an aromatic ring is 1. The monoisotopic (exact) mass is 269 g/mol. The summed E-state index contributed by atoms with van der Waals surface area (Å²) in [6.07, 6.45) is 0.0706. The number of aromatic amines is 1. The van der Waals surface area contributed by atoms with Gasteiger partial charge in [-0.15, -0.1) is 0 Å². The Morgan fingerprint density at radius 2 is 2.32 bits per heavy atom. The number of nitrogens with one attached hydrogen (secondary N) is 2. The third-order valence-corrected chi connectivity index (χ3v) is 2.89. The maximum absolute atomic E-state index is 11.7. The predicted octanol–water partition coefficient (Wildman–Crippen LogP) is -0.673. The van der Waals surface area contributed by atoms with Gasteiger partial charge in [0.05, 0.1) is 32.0 Å². The molecule has 8 heteroatoms. The van der Waals surface area contributed by atoms with E-state index in [0.717, 1.165) is 0 Å². The quantitative estimate of drug-likeness (QED) is 0.560. The fraction of sp³-hybridized carbons (Fsp3) is 0.636. The maximum Gasteiger partial charge on any atom is 0.277 e. The second-order valence-corrected chi connectivity index (χ2v) is 4.67. The first-order valence-corrected chi connectivity index (χ1v) is 6.15. The molecule has 1 unspecified atom stereocenters. The van der Waals surface area contributed by atoms with Crippen molar-refractivity contribution in [3.05, 3.63) is 10.4 Å². The van der Waals surface area contributed by atoms with E-state index in [1.54, 1.807) is 4.90 Å². The Morgan fingerprint density at radius 3 is 2.95 bits per heavy atom. The first-order valence-electron chi connectivity index (χ1n) is 6.15. The minimum absolute atomic E-state index is 0.0546. The van der Waals surface area contributed by atoms with Crippen molar-refractivity contribution in [2.24, 2.45) is 0 Å². The second kappa shape index (κ2) is 5.45. The van der Waals surface area contributed by atoms with Crippen LogP contribution in [0.1, 0.15) is 13.8 Å². The van der Waals surface area contributed by atoms with Crippen molar-refractivity contribution in [3.8, 4) is 0 Å². The second-order valence-electron chi connectivity index (χ2n) is 4.67. The van der Waals surface area contributed by atoms with Crippen LogP contribution < -0.4 is 21.5 Å². The van der Waals surface area contributed by atoms with Gasteiger partial charge in [-0.05, 0) is 13.8 Å². The van der Waals surface area contributed by atoms with Gasteiger partial charge in [-0.3, -0.25) is 9.78 Å². The van der Waals surface area contributed by atoms with Crippen LogP contribution in [0.5, 0.6) is 0 Å². The van der Waals surface area contributed by atoms with Crippen LogP contribution in [0.2, 0.25) is 0 Å². The number of rotatable bonds is 5. The molecule has 0 radical (unpaired) electrons. The lowest BCUT2D eigenvalue weighted by atomic mass is 10.3. The molecule has 8 nitrogen and oxygen atoms in total. The summed E-state index contributed by atoms with van der Waals surface area (Å²) in [5, 5.41) is 12.4. The summed E-state index contributed by atoms with van der Waals surface area (Å²) >= 11 is 0. The van der Waals surface area contributed by atoms with E-state index in [4.69, 9.17) is 10.5 Å². The zero-order valence-corrected chi connectivity index (χ0v) is 11.0. The number of ether oxygens (including phenoxy) is 1. The van der Waals surface area contributed by atoms with Crippen LogP contribution in [0, 0.1) is 0 Å². The number of aliphatic hydroxyl groups is 1. The zero-order valence-electron chi connectivity index (χ0n) is 11.0. The number of aliphatic hydroxyl groups excluding tert-OH is 1. The molecule has 0 bridgehead atoms. The molecule has 5 N–H and O–H groups in total. The van der Waals surface area contributed by atoms with Crippen molar-refractivity contribution in [1.82, 2.24) is 9.97 Å². The molecule has 0 fully saturated rings. The molecule has 0 amide bonds. The van der Waals surface area contributed by atoms with Gasteiger partial charge >= 0.3 is 0 Å². The molecule has 1 atom stereocenters. The van der Waals surface area contributed by atoms with Crippen LogP contribution in [0.4, 0.5) is 17.5 Å². The standard InChI is InChI=1S/C11H19N5O3/c1-6(2)19-4-7(3-17)16-5-13-8-9(16)14-11(12)15-10(8)18/h6-7,13,17H,3-5H2,1-2H3,(H3,12,14,15,18). The molecule has 1 aliphatic heterocycles. The number of hydrogen-bond acceptors (Lipinski definition) is 7. The van der Waals surface area contributed by atoms with Crippen LogP contribution in [-0.4, -0.2) is 47.1 Å². The third kappa shape index (κ3) is 2.79. The summed E-state index contributed by atoms with van der Waals surface area (Å²) in [5.74, 6) is 0.506. The van der Waals surface area contributed by atoms with Gasteiger partial charge in [-0.25, -0.2) is 0 Å². The smallest absolute Gasteiger partial charge is 0.277 e. The van der Waals surface area contributed by atoms with E-state index in [1.807, 2.05) is 13.8 Å². The minimum atomic E-state index is -0.313. The molecule has 106 valence electrons. The molecular formula is C11H19N5O3. The Morgan fingerprint density at radius 1 is 1.58 bits per heavy atom. The van der Waals surface area contributed by atoms with Gasteiger partial charge in [0, 0.05) is 0 Å². The Bertz CT molecular complexity index is 502. The number of fused-ring (bicyclic) bond motifs is 1. The summed E-state index contributed by atoms with van der Waals surface area (Å²) in [6.45, 7) is 4.49. The van der Waals surface area contributed by atoms with Gasteiger partial charge in [0.15, 0.2) is 5.82 Å². The van der Waals surface area contributed by atoms with E-state index in [2.05, 4.69) is 15.3 Å². The minimum Gasteiger partial charge on any atom is -0.394 e. The van der Waals surface area contributed by atoms with Gasteiger partial charge in [0.25, 0.3) is 5.56 Å². The molecule has 0 saturated heterocycles. The van der Waals surface area contributed by atoms with Crippen LogP contribution in [-0.2, 0) is 4.74 Å². The van der Waals surface area contributed by atoms with Gasteiger partial charge in [-0.2, -0.15) is 4.98 Å².